The topological polar surface area (TPSA) is 51.1 Å². The Labute approximate surface area is 169 Å². The molecule has 2 N–H and O–H groups in total. The Morgan fingerprint density at radius 1 is 1.07 bits per heavy atom. The predicted molar refractivity (Wildman–Crippen MR) is 115 cm³/mol. The van der Waals surface area contributed by atoms with Gasteiger partial charge in [0.15, 0.2) is 5.11 Å². The van der Waals surface area contributed by atoms with Gasteiger partial charge in [-0.05, 0) is 75.0 Å². The molecule has 7 heteroatoms. The average molecular weight is 399 g/mol. The fraction of sp³-hybridized carbons (Fsp3) is 0.238. The molecule has 0 atom stereocenters. The summed E-state index contributed by atoms with van der Waals surface area (Å²) in [5.74, 6) is 0.575. The third kappa shape index (κ3) is 4.86. The van der Waals surface area contributed by atoms with E-state index in [1.54, 1.807) is 12.1 Å². The summed E-state index contributed by atoms with van der Waals surface area (Å²) in [7, 11) is 0. The summed E-state index contributed by atoms with van der Waals surface area (Å²) in [6, 6.07) is 14.0. The van der Waals surface area contributed by atoms with Crippen LogP contribution in [-0.2, 0) is 6.54 Å². The van der Waals surface area contributed by atoms with Gasteiger partial charge >= 0.3 is 0 Å². The number of anilines is 2. The Morgan fingerprint density at radius 2 is 1.75 bits per heavy atom. The highest BCUT2D eigenvalue weighted by atomic mass is 32.1. The summed E-state index contributed by atoms with van der Waals surface area (Å²) < 4.78 is 20.4. The molecule has 3 rings (SSSR count). The van der Waals surface area contributed by atoms with Crippen LogP contribution in [0, 0.1) is 19.7 Å². The fourth-order valence-electron chi connectivity index (χ4n) is 2.87. The molecule has 0 bridgehead atoms. The molecule has 0 saturated carbocycles. The highest BCUT2D eigenvalue weighted by Gasteiger charge is 2.13. The molecule has 0 fully saturated rings. The predicted octanol–water partition coefficient (Wildman–Crippen LogP) is 4.89. The molecule has 2 aromatic carbocycles. The second-order valence-electron chi connectivity index (χ2n) is 6.37. The molecule has 5 nitrogen and oxygen atoms in total. The highest BCUT2D eigenvalue weighted by molar-refractivity contribution is 7.80. The summed E-state index contributed by atoms with van der Waals surface area (Å²) in [5.41, 5.74) is 4.52. The van der Waals surface area contributed by atoms with Crippen molar-refractivity contribution < 1.29 is 9.13 Å². The van der Waals surface area contributed by atoms with Gasteiger partial charge in [0.25, 0.3) is 0 Å². The first-order valence-electron chi connectivity index (χ1n) is 9.05. The van der Waals surface area contributed by atoms with Gasteiger partial charge in [0.1, 0.15) is 11.6 Å². The van der Waals surface area contributed by atoms with E-state index in [-0.39, 0.29) is 5.82 Å². The quantitative estimate of drug-likeness (QED) is 0.579. The molecule has 0 saturated heterocycles. The Balaban J connectivity index is 1.67. The van der Waals surface area contributed by atoms with Crippen LogP contribution >= 0.6 is 12.2 Å². The van der Waals surface area contributed by atoms with Gasteiger partial charge in [-0.25, -0.2) is 4.39 Å². The second kappa shape index (κ2) is 8.84. The van der Waals surface area contributed by atoms with Crippen molar-refractivity contribution in [3.63, 3.8) is 0 Å². The number of aryl methyl sites for hydroxylation is 1. The molecule has 0 unspecified atom stereocenters. The van der Waals surface area contributed by atoms with Gasteiger partial charge in [-0.3, -0.25) is 4.68 Å². The summed E-state index contributed by atoms with van der Waals surface area (Å²) in [4.78, 5) is 0. The maximum Gasteiger partial charge on any atom is 0.175 e. The minimum Gasteiger partial charge on any atom is -0.494 e. The van der Waals surface area contributed by atoms with Crippen LogP contribution in [0.2, 0.25) is 0 Å². The van der Waals surface area contributed by atoms with Gasteiger partial charge < -0.3 is 15.4 Å². The molecular formula is C21H23FN4OS. The Bertz CT molecular complexity index is 952. The fourth-order valence-corrected chi connectivity index (χ4v) is 3.09. The van der Waals surface area contributed by atoms with Gasteiger partial charge in [0.05, 0.1) is 30.2 Å². The van der Waals surface area contributed by atoms with Crippen LogP contribution in [0.5, 0.6) is 5.75 Å². The highest BCUT2D eigenvalue weighted by Crippen LogP contribution is 2.22. The molecule has 0 radical (unpaired) electrons. The zero-order valence-corrected chi connectivity index (χ0v) is 16.9. The van der Waals surface area contributed by atoms with E-state index in [2.05, 4.69) is 15.7 Å². The van der Waals surface area contributed by atoms with E-state index in [9.17, 15) is 4.39 Å². The molecule has 146 valence electrons. The smallest absolute Gasteiger partial charge is 0.175 e. The zero-order valence-electron chi connectivity index (χ0n) is 16.1. The van der Waals surface area contributed by atoms with Crippen LogP contribution in [0.4, 0.5) is 15.8 Å². The van der Waals surface area contributed by atoms with Crippen LogP contribution in [0.1, 0.15) is 23.9 Å². The standard InChI is InChI=1S/C21H23FN4OS/c1-4-27-19-11-9-18(10-12-19)23-21(28)24-20-14(2)25-26(15(20)3)13-16-5-7-17(22)8-6-16/h5-12H,4,13H2,1-3H3,(H2,23,24,28). The molecule has 1 aromatic heterocycles. The first-order chi connectivity index (χ1) is 13.5. The lowest BCUT2D eigenvalue weighted by Gasteiger charge is -2.12. The lowest BCUT2D eigenvalue weighted by molar-refractivity contribution is 0.340. The zero-order chi connectivity index (χ0) is 20.1. The van der Waals surface area contributed by atoms with Gasteiger partial charge in [-0.2, -0.15) is 5.10 Å². The third-order valence-electron chi connectivity index (χ3n) is 4.29. The normalized spacial score (nSPS) is 10.6. The number of aromatic nitrogens is 2. The largest absolute Gasteiger partial charge is 0.494 e. The minimum absolute atomic E-state index is 0.245. The molecule has 3 aromatic rings. The number of ether oxygens (including phenoxy) is 1. The number of benzene rings is 2. The van der Waals surface area contributed by atoms with Crippen molar-refractivity contribution >= 4 is 28.7 Å². The minimum atomic E-state index is -0.245. The summed E-state index contributed by atoms with van der Waals surface area (Å²) in [5, 5.41) is 11.5. The maximum absolute atomic E-state index is 13.1. The average Bonchev–Trinajstić information content (AvgIpc) is 2.93. The van der Waals surface area contributed by atoms with Crippen molar-refractivity contribution in [2.45, 2.75) is 27.3 Å². The molecule has 0 aliphatic heterocycles. The van der Waals surface area contributed by atoms with E-state index in [1.165, 1.54) is 12.1 Å². The van der Waals surface area contributed by atoms with Crippen LogP contribution in [0.15, 0.2) is 48.5 Å². The first kappa shape index (κ1) is 19.8. The van der Waals surface area contributed by atoms with Crippen molar-refractivity contribution in [1.29, 1.82) is 0 Å². The Kier molecular flexibility index (Phi) is 6.26. The van der Waals surface area contributed by atoms with Gasteiger partial charge in [-0.1, -0.05) is 12.1 Å². The molecule has 0 amide bonds. The van der Waals surface area contributed by atoms with Gasteiger partial charge in [0, 0.05) is 5.69 Å². The molecule has 0 spiro atoms. The van der Waals surface area contributed by atoms with Crippen LogP contribution in [0.25, 0.3) is 0 Å². The number of hydrogen-bond acceptors (Lipinski definition) is 3. The number of nitrogens with one attached hydrogen (secondary N) is 2. The first-order valence-corrected chi connectivity index (χ1v) is 9.46. The van der Waals surface area contributed by atoms with Crippen molar-refractivity contribution in [3.05, 3.63) is 71.3 Å². The third-order valence-corrected chi connectivity index (χ3v) is 4.49. The monoisotopic (exact) mass is 398 g/mol. The molecule has 0 aliphatic rings. The van der Waals surface area contributed by atoms with E-state index in [0.29, 0.717) is 18.3 Å². The van der Waals surface area contributed by atoms with E-state index in [1.807, 2.05) is 49.7 Å². The molecule has 1 heterocycles. The van der Waals surface area contributed by atoms with Crippen molar-refractivity contribution in [2.24, 2.45) is 0 Å². The summed E-state index contributed by atoms with van der Waals surface area (Å²) >= 11 is 5.44. The lowest BCUT2D eigenvalue weighted by Crippen LogP contribution is -2.20. The SMILES string of the molecule is CCOc1ccc(NC(=S)Nc2c(C)nn(Cc3ccc(F)cc3)c2C)cc1. The van der Waals surface area contributed by atoms with Crippen molar-refractivity contribution in [1.82, 2.24) is 9.78 Å². The molecule has 28 heavy (non-hydrogen) atoms. The van der Waals surface area contributed by atoms with E-state index < -0.39 is 0 Å². The van der Waals surface area contributed by atoms with Crippen LogP contribution in [-0.4, -0.2) is 21.5 Å². The number of rotatable bonds is 6. The Hall–Kier alpha value is -2.93. The van der Waals surface area contributed by atoms with Crippen molar-refractivity contribution in [3.8, 4) is 5.75 Å². The molecular weight excluding hydrogens is 375 g/mol. The maximum atomic E-state index is 13.1. The number of thiocarbonyl (C=S) groups is 1. The van der Waals surface area contributed by atoms with E-state index in [0.717, 1.165) is 34.1 Å². The van der Waals surface area contributed by atoms with Crippen molar-refractivity contribution in [2.75, 3.05) is 17.2 Å². The van der Waals surface area contributed by atoms with Gasteiger partial charge in [0.2, 0.25) is 0 Å². The Morgan fingerprint density at radius 3 is 2.39 bits per heavy atom. The van der Waals surface area contributed by atoms with E-state index >= 15 is 0 Å². The lowest BCUT2D eigenvalue weighted by atomic mass is 10.2. The summed E-state index contributed by atoms with van der Waals surface area (Å²) in [6.07, 6.45) is 0. The molecule has 0 aliphatic carbocycles. The number of nitrogens with zero attached hydrogens (tertiary/aromatic N) is 2. The second-order valence-corrected chi connectivity index (χ2v) is 6.77. The summed E-state index contributed by atoms with van der Waals surface area (Å²) in [6.45, 7) is 7.05. The number of halogens is 1. The van der Waals surface area contributed by atoms with Crippen LogP contribution in [0.3, 0.4) is 0 Å². The van der Waals surface area contributed by atoms with Crippen LogP contribution < -0.4 is 15.4 Å². The van der Waals surface area contributed by atoms with Gasteiger partial charge in [-0.15, -0.1) is 0 Å². The number of hydrogen-bond donors (Lipinski definition) is 2. The van der Waals surface area contributed by atoms with E-state index in [4.69, 9.17) is 17.0 Å².